The maximum atomic E-state index is 13.4. The van der Waals surface area contributed by atoms with Crippen molar-refractivity contribution in [1.82, 2.24) is 0 Å². The molecule has 0 bridgehead atoms. The van der Waals surface area contributed by atoms with Gasteiger partial charge >= 0.3 is 0 Å². The number of ether oxygens (including phenoxy) is 1. The van der Waals surface area contributed by atoms with Gasteiger partial charge in [0.15, 0.2) is 11.6 Å². The lowest BCUT2D eigenvalue weighted by molar-refractivity contribution is 0.386. The molecule has 0 unspecified atom stereocenters. The van der Waals surface area contributed by atoms with E-state index in [0.29, 0.717) is 12.2 Å². The fourth-order valence-corrected chi connectivity index (χ4v) is 1.58. The van der Waals surface area contributed by atoms with Crippen LogP contribution in [0.25, 0.3) is 0 Å². The third kappa shape index (κ3) is 2.97. The average molecular weight is 249 g/mol. The smallest absolute Gasteiger partial charge is 0.167 e. The number of anilines is 1. The van der Waals surface area contributed by atoms with Gasteiger partial charge in [-0.3, -0.25) is 0 Å². The molecule has 2 nitrogen and oxygen atoms in total. The normalized spacial score (nSPS) is 10.2. The number of halogens is 2. The summed E-state index contributed by atoms with van der Waals surface area (Å²) < 4.78 is 30.9. The second-order valence-electron chi connectivity index (χ2n) is 3.83. The Morgan fingerprint density at radius 2 is 1.78 bits per heavy atom. The van der Waals surface area contributed by atoms with Crippen LogP contribution in [0.15, 0.2) is 42.5 Å². The van der Waals surface area contributed by atoms with Gasteiger partial charge in [-0.05, 0) is 29.8 Å². The van der Waals surface area contributed by atoms with Gasteiger partial charge < -0.3 is 10.1 Å². The van der Waals surface area contributed by atoms with E-state index in [1.807, 2.05) is 0 Å². The molecule has 4 heteroatoms. The summed E-state index contributed by atoms with van der Waals surface area (Å²) in [5.41, 5.74) is 1.57. The van der Waals surface area contributed by atoms with Crippen LogP contribution in [0.4, 0.5) is 14.5 Å². The van der Waals surface area contributed by atoms with Gasteiger partial charge in [0.25, 0.3) is 0 Å². The first-order valence-electron chi connectivity index (χ1n) is 5.51. The van der Waals surface area contributed by atoms with E-state index >= 15 is 0 Å². The summed E-state index contributed by atoms with van der Waals surface area (Å²) in [6.45, 7) is 0.506. The Morgan fingerprint density at radius 1 is 1.06 bits per heavy atom. The highest BCUT2D eigenvalue weighted by atomic mass is 19.1. The van der Waals surface area contributed by atoms with Gasteiger partial charge in [0, 0.05) is 18.3 Å². The van der Waals surface area contributed by atoms with Crippen LogP contribution in [-0.2, 0) is 6.54 Å². The van der Waals surface area contributed by atoms with Gasteiger partial charge in [-0.1, -0.05) is 12.1 Å². The van der Waals surface area contributed by atoms with Gasteiger partial charge in [-0.2, -0.15) is 0 Å². The standard InChI is InChI=1S/C14H13F2NO/c1-18-14-7-6-12(8-13(14)16)17-9-10-2-4-11(15)5-3-10/h2-8,17H,9H2,1H3. The Labute approximate surface area is 104 Å². The zero-order valence-corrected chi connectivity index (χ0v) is 9.91. The molecule has 94 valence electrons. The van der Waals surface area contributed by atoms with Crippen molar-refractivity contribution in [3.8, 4) is 5.75 Å². The van der Waals surface area contributed by atoms with E-state index in [-0.39, 0.29) is 11.6 Å². The zero-order valence-electron chi connectivity index (χ0n) is 9.91. The summed E-state index contributed by atoms with van der Waals surface area (Å²) in [5, 5.41) is 3.05. The van der Waals surface area contributed by atoms with Crippen LogP contribution < -0.4 is 10.1 Å². The van der Waals surface area contributed by atoms with Crippen LogP contribution in [0.5, 0.6) is 5.75 Å². The fourth-order valence-electron chi connectivity index (χ4n) is 1.58. The Balaban J connectivity index is 2.02. The summed E-state index contributed by atoms with van der Waals surface area (Å²) in [6.07, 6.45) is 0. The predicted molar refractivity (Wildman–Crippen MR) is 66.7 cm³/mol. The van der Waals surface area contributed by atoms with Crippen LogP contribution in [0.3, 0.4) is 0 Å². The molecule has 0 heterocycles. The SMILES string of the molecule is COc1ccc(NCc2ccc(F)cc2)cc1F. The highest BCUT2D eigenvalue weighted by Gasteiger charge is 2.03. The monoisotopic (exact) mass is 249 g/mol. The van der Waals surface area contributed by atoms with E-state index in [2.05, 4.69) is 5.32 Å². The van der Waals surface area contributed by atoms with Gasteiger partial charge in [0.05, 0.1) is 7.11 Å². The minimum atomic E-state index is -0.415. The van der Waals surface area contributed by atoms with Gasteiger partial charge in [0.2, 0.25) is 0 Å². The molecule has 0 radical (unpaired) electrons. The Kier molecular flexibility index (Phi) is 3.77. The molecule has 0 aliphatic carbocycles. The van der Waals surface area contributed by atoms with Crippen molar-refractivity contribution >= 4 is 5.69 Å². The Bertz CT molecular complexity index is 526. The molecule has 1 N–H and O–H groups in total. The third-order valence-electron chi connectivity index (χ3n) is 2.56. The van der Waals surface area contributed by atoms with E-state index in [0.717, 1.165) is 5.56 Å². The van der Waals surface area contributed by atoms with Crippen molar-refractivity contribution in [1.29, 1.82) is 0 Å². The van der Waals surface area contributed by atoms with Crippen molar-refractivity contribution in [3.05, 3.63) is 59.7 Å². The number of benzene rings is 2. The quantitative estimate of drug-likeness (QED) is 0.894. The molecule has 0 aromatic heterocycles. The number of nitrogens with one attached hydrogen (secondary N) is 1. The van der Waals surface area contributed by atoms with Gasteiger partial charge in [0.1, 0.15) is 5.82 Å². The van der Waals surface area contributed by atoms with Crippen LogP contribution in [0.2, 0.25) is 0 Å². The summed E-state index contributed by atoms with van der Waals surface area (Å²) in [6, 6.07) is 10.8. The molecule has 0 aliphatic heterocycles. The molecule has 2 aromatic rings. The molecular weight excluding hydrogens is 236 g/mol. The lowest BCUT2D eigenvalue weighted by Gasteiger charge is -2.08. The molecular formula is C14H13F2NO. The fraction of sp³-hybridized carbons (Fsp3) is 0.143. The topological polar surface area (TPSA) is 21.3 Å². The molecule has 2 rings (SSSR count). The molecule has 0 amide bonds. The average Bonchev–Trinajstić information content (AvgIpc) is 2.38. The summed E-state index contributed by atoms with van der Waals surface area (Å²) >= 11 is 0. The summed E-state index contributed by atoms with van der Waals surface area (Å²) in [4.78, 5) is 0. The second kappa shape index (κ2) is 5.49. The minimum Gasteiger partial charge on any atom is -0.494 e. The van der Waals surface area contributed by atoms with E-state index in [9.17, 15) is 8.78 Å². The van der Waals surface area contributed by atoms with E-state index in [1.54, 1.807) is 24.3 Å². The van der Waals surface area contributed by atoms with Crippen LogP contribution in [-0.4, -0.2) is 7.11 Å². The second-order valence-corrected chi connectivity index (χ2v) is 3.83. The number of methoxy groups -OCH3 is 1. The first-order chi connectivity index (χ1) is 8.69. The van der Waals surface area contributed by atoms with E-state index in [1.165, 1.54) is 25.3 Å². The van der Waals surface area contributed by atoms with Crippen molar-refractivity contribution in [2.75, 3.05) is 12.4 Å². The first-order valence-corrected chi connectivity index (χ1v) is 5.51. The molecule has 0 saturated heterocycles. The van der Waals surface area contributed by atoms with Gasteiger partial charge in [-0.15, -0.1) is 0 Å². The van der Waals surface area contributed by atoms with Crippen LogP contribution in [0.1, 0.15) is 5.56 Å². The summed E-state index contributed by atoms with van der Waals surface area (Å²) in [5.74, 6) is -0.474. The van der Waals surface area contributed by atoms with Gasteiger partial charge in [-0.25, -0.2) is 8.78 Å². The minimum absolute atomic E-state index is 0.210. The number of hydrogen-bond acceptors (Lipinski definition) is 2. The molecule has 0 atom stereocenters. The van der Waals surface area contributed by atoms with E-state index in [4.69, 9.17) is 4.74 Å². The maximum Gasteiger partial charge on any atom is 0.167 e. The Hall–Kier alpha value is -2.10. The Morgan fingerprint density at radius 3 is 2.39 bits per heavy atom. The summed E-state index contributed by atoms with van der Waals surface area (Å²) in [7, 11) is 1.42. The molecule has 0 fully saturated rings. The largest absolute Gasteiger partial charge is 0.494 e. The zero-order chi connectivity index (χ0) is 13.0. The van der Waals surface area contributed by atoms with Crippen molar-refractivity contribution in [2.45, 2.75) is 6.54 Å². The van der Waals surface area contributed by atoms with E-state index < -0.39 is 5.82 Å². The molecule has 2 aromatic carbocycles. The van der Waals surface area contributed by atoms with Crippen molar-refractivity contribution in [2.24, 2.45) is 0 Å². The molecule has 18 heavy (non-hydrogen) atoms. The van der Waals surface area contributed by atoms with Crippen molar-refractivity contribution < 1.29 is 13.5 Å². The lowest BCUT2D eigenvalue weighted by Crippen LogP contribution is -2.00. The predicted octanol–water partition coefficient (Wildman–Crippen LogP) is 3.59. The number of hydrogen-bond donors (Lipinski definition) is 1. The number of rotatable bonds is 4. The highest BCUT2D eigenvalue weighted by Crippen LogP contribution is 2.21. The maximum absolute atomic E-state index is 13.4. The van der Waals surface area contributed by atoms with Crippen LogP contribution in [0, 0.1) is 11.6 Å². The molecule has 0 aliphatic rings. The van der Waals surface area contributed by atoms with Crippen LogP contribution >= 0.6 is 0 Å². The lowest BCUT2D eigenvalue weighted by atomic mass is 10.2. The highest BCUT2D eigenvalue weighted by molar-refractivity contribution is 5.47. The first kappa shape index (κ1) is 12.4. The molecule has 0 spiro atoms. The molecule has 0 saturated carbocycles. The van der Waals surface area contributed by atoms with Crippen molar-refractivity contribution in [3.63, 3.8) is 0 Å². The third-order valence-corrected chi connectivity index (χ3v) is 2.56.